The second-order valence-electron chi connectivity index (χ2n) is 7.14. The van der Waals surface area contributed by atoms with Crippen molar-refractivity contribution in [2.24, 2.45) is 0 Å². The van der Waals surface area contributed by atoms with Gasteiger partial charge in [0.25, 0.3) is 0 Å². The Labute approximate surface area is 146 Å². The molecule has 142 valence electrons. The number of carbonyl (C=O) groups excluding carboxylic acids is 1. The fraction of sp³-hybridized carbons (Fsp3) is 0.944. The Bertz CT molecular complexity index is 374. The quantitative estimate of drug-likeness (QED) is 0.772. The summed E-state index contributed by atoms with van der Waals surface area (Å²) in [6.45, 7) is 4.54. The molecule has 1 heterocycles. The lowest BCUT2D eigenvalue weighted by Gasteiger charge is -2.39. The Hall–Kier alpha value is -0.690. The van der Waals surface area contributed by atoms with E-state index in [1.165, 1.54) is 0 Å². The highest BCUT2D eigenvalue weighted by Gasteiger charge is 2.39. The van der Waals surface area contributed by atoms with Crippen LogP contribution in [0.25, 0.3) is 0 Å². The fourth-order valence-electron chi connectivity index (χ4n) is 3.38. The number of rotatable bonds is 2. The van der Waals surface area contributed by atoms with Gasteiger partial charge in [0, 0.05) is 26.7 Å². The van der Waals surface area contributed by atoms with Crippen LogP contribution in [0.3, 0.4) is 0 Å². The highest BCUT2D eigenvalue weighted by Crippen LogP contribution is 2.22. The number of hydrogen-bond donors (Lipinski definition) is 1. The molecule has 1 rings (SSSR count). The van der Waals surface area contributed by atoms with Crippen LogP contribution in [-0.4, -0.2) is 74.2 Å². The molecule has 0 aromatic carbocycles. The van der Waals surface area contributed by atoms with Crippen LogP contribution in [0.4, 0.5) is 0 Å². The van der Waals surface area contributed by atoms with E-state index in [1.807, 2.05) is 14.0 Å². The summed E-state index contributed by atoms with van der Waals surface area (Å²) in [7, 11) is 5.36. The fourth-order valence-corrected chi connectivity index (χ4v) is 3.38. The average molecular weight is 345 g/mol. The first-order chi connectivity index (χ1) is 11.3. The summed E-state index contributed by atoms with van der Waals surface area (Å²) in [5.74, 6) is -0.269. The van der Waals surface area contributed by atoms with Gasteiger partial charge in [-0.15, -0.1) is 0 Å². The van der Waals surface area contributed by atoms with Crippen LogP contribution in [-0.2, 0) is 19.0 Å². The van der Waals surface area contributed by atoms with E-state index in [9.17, 15) is 9.90 Å². The maximum Gasteiger partial charge on any atom is 0.305 e. The molecular formula is C18H35NO5. The lowest BCUT2D eigenvalue weighted by Crippen LogP contribution is -2.55. The second-order valence-corrected chi connectivity index (χ2v) is 7.14. The van der Waals surface area contributed by atoms with Gasteiger partial charge in [0.2, 0.25) is 0 Å². The van der Waals surface area contributed by atoms with E-state index in [1.54, 1.807) is 21.1 Å². The zero-order valence-electron chi connectivity index (χ0n) is 15.9. The van der Waals surface area contributed by atoms with Crippen LogP contribution in [0.2, 0.25) is 0 Å². The van der Waals surface area contributed by atoms with Gasteiger partial charge in [-0.3, -0.25) is 4.79 Å². The maximum absolute atomic E-state index is 11.9. The lowest BCUT2D eigenvalue weighted by molar-refractivity contribution is -0.167. The first kappa shape index (κ1) is 21.4. The summed E-state index contributed by atoms with van der Waals surface area (Å²) >= 11 is 0. The molecular weight excluding hydrogens is 310 g/mol. The number of likely N-dealkylation sites (N-methyl/N-ethyl adjacent to an activating group) is 1. The Balaban J connectivity index is 2.82. The Morgan fingerprint density at radius 3 is 2.50 bits per heavy atom. The van der Waals surface area contributed by atoms with Crippen LogP contribution < -0.4 is 0 Å². The summed E-state index contributed by atoms with van der Waals surface area (Å²) in [6, 6.07) is -0.00479. The third-order valence-electron chi connectivity index (χ3n) is 5.05. The molecule has 1 aliphatic rings. The first-order valence-electron chi connectivity index (χ1n) is 8.95. The standard InChI is InChI=1S/C18H35NO5/c1-14-17(23-5)18(2,21)13-24-16(20)11-7-6-9-15(22-4)10-8-12-19(14)3/h14-15,17,21H,6-13H2,1-5H3/t14-,15+,17-,18-/m1/s1. The lowest BCUT2D eigenvalue weighted by atomic mass is 9.93. The Morgan fingerprint density at radius 2 is 1.88 bits per heavy atom. The van der Waals surface area contributed by atoms with Crippen molar-refractivity contribution < 1.29 is 24.1 Å². The van der Waals surface area contributed by atoms with E-state index in [-0.39, 0.29) is 24.7 Å². The summed E-state index contributed by atoms with van der Waals surface area (Å²) in [5.41, 5.74) is -1.23. The number of ether oxygens (including phenoxy) is 3. The number of aliphatic hydroxyl groups is 1. The van der Waals surface area contributed by atoms with Crippen molar-refractivity contribution in [3.63, 3.8) is 0 Å². The van der Waals surface area contributed by atoms with Crippen LogP contribution in [0.5, 0.6) is 0 Å². The molecule has 0 radical (unpaired) electrons. The Kier molecular flexibility index (Phi) is 9.19. The Morgan fingerprint density at radius 1 is 1.21 bits per heavy atom. The van der Waals surface area contributed by atoms with Gasteiger partial charge in [-0.2, -0.15) is 0 Å². The smallest absolute Gasteiger partial charge is 0.305 e. The summed E-state index contributed by atoms with van der Waals surface area (Å²) < 4.78 is 16.4. The van der Waals surface area contributed by atoms with E-state index in [4.69, 9.17) is 14.2 Å². The largest absolute Gasteiger partial charge is 0.463 e. The van der Waals surface area contributed by atoms with Gasteiger partial charge >= 0.3 is 5.97 Å². The first-order valence-corrected chi connectivity index (χ1v) is 8.95. The van der Waals surface area contributed by atoms with Gasteiger partial charge in [-0.1, -0.05) is 6.42 Å². The third-order valence-corrected chi connectivity index (χ3v) is 5.05. The number of hydrogen-bond acceptors (Lipinski definition) is 6. The second kappa shape index (κ2) is 10.3. The number of methoxy groups -OCH3 is 2. The van der Waals surface area contributed by atoms with E-state index in [0.29, 0.717) is 6.42 Å². The molecule has 1 fully saturated rings. The van der Waals surface area contributed by atoms with Crippen molar-refractivity contribution >= 4 is 5.97 Å². The molecule has 0 aromatic rings. The number of cyclic esters (lactones) is 1. The van der Waals surface area contributed by atoms with Gasteiger partial charge in [0.1, 0.15) is 18.3 Å². The maximum atomic E-state index is 11.9. The molecule has 0 bridgehead atoms. The van der Waals surface area contributed by atoms with Gasteiger partial charge < -0.3 is 24.2 Å². The summed E-state index contributed by atoms with van der Waals surface area (Å²) in [6.07, 6.45) is 4.86. The molecule has 1 saturated heterocycles. The predicted octanol–water partition coefficient (Wildman–Crippen LogP) is 1.99. The van der Waals surface area contributed by atoms with Gasteiger partial charge in [0.05, 0.1) is 6.10 Å². The van der Waals surface area contributed by atoms with Crippen LogP contribution in [0.1, 0.15) is 52.4 Å². The molecule has 4 atom stereocenters. The van der Waals surface area contributed by atoms with Gasteiger partial charge in [-0.05, 0) is 53.1 Å². The molecule has 0 amide bonds. The van der Waals surface area contributed by atoms with Crippen molar-refractivity contribution in [2.75, 3.05) is 34.4 Å². The minimum atomic E-state index is -1.23. The highest BCUT2D eigenvalue weighted by atomic mass is 16.6. The highest BCUT2D eigenvalue weighted by molar-refractivity contribution is 5.69. The van der Waals surface area contributed by atoms with E-state index in [0.717, 1.165) is 38.6 Å². The van der Waals surface area contributed by atoms with E-state index < -0.39 is 11.7 Å². The summed E-state index contributed by atoms with van der Waals surface area (Å²) in [4.78, 5) is 14.1. The van der Waals surface area contributed by atoms with Crippen LogP contribution >= 0.6 is 0 Å². The monoisotopic (exact) mass is 345 g/mol. The number of carbonyl (C=O) groups is 1. The molecule has 1 N–H and O–H groups in total. The van der Waals surface area contributed by atoms with Crippen molar-refractivity contribution in [1.29, 1.82) is 0 Å². The van der Waals surface area contributed by atoms with Crippen molar-refractivity contribution in [3.8, 4) is 0 Å². The van der Waals surface area contributed by atoms with Crippen molar-refractivity contribution in [1.82, 2.24) is 4.90 Å². The third kappa shape index (κ3) is 6.67. The molecule has 0 spiro atoms. The molecule has 6 nitrogen and oxygen atoms in total. The van der Waals surface area contributed by atoms with Crippen molar-refractivity contribution in [3.05, 3.63) is 0 Å². The van der Waals surface area contributed by atoms with Gasteiger partial charge in [0.15, 0.2) is 0 Å². The zero-order valence-corrected chi connectivity index (χ0v) is 15.9. The summed E-state index contributed by atoms with van der Waals surface area (Å²) in [5, 5.41) is 10.7. The molecule has 24 heavy (non-hydrogen) atoms. The molecule has 0 aliphatic carbocycles. The number of esters is 1. The molecule has 6 heteroatoms. The van der Waals surface area contributed by atoms with E-state index in [2.05, 4.69) is 4.90 Å². The minimum Gasteiger partial charge on any atom is -0.463 e. The zero-order chi connectivity index (χ0) is 18.2. The van der Waals surface area contributed by atoms with Crippen LogP contribution in [0, 0.1) is 0 Å². The SMILES string of the molecule is CO[C@H]1CCCCC(=O)OC[C@@](C)(O)[C@H](OC)[C@@H](C)N(C)CCC1. The average Bonchev–Trinajstić information content (AvgIpc) is 2.54. The van der Waals surface area contributed by atoms with Gasteiger partial charge in [-0.25, -0.2) is 0 Å². The van der Waals surface area contributed by atoms with Crippen LogP contribution in [0.15, 0.2) is 0 Å². The minimum absolute atomic E-state index is 0.00479. The molecule has 0 aromatic heterocycles. The molecule has 0 saturated carbocycles. The topological polar surface area (TPSA) is 68.2 Å². The van der Waals surface area contributed by atoms with Crippen molar-refractivity contribution in [2.45, 2.75) is 76.2 Å². The van der Waals surface area contributed by atoms with E-state index >= 15 is 0 Å². The molecule has 0 unspecified atom stereocenters. The molecule has 1 aliphatic heterocycles. The predicted molar refractivity (Wildman–Crippen MR) is 93.0 cm³/mol. The normalized spacial score (nSPS) is 35.8. The number of nitrogens with zero attached hydrogens (tertiary/aromatic N) is 1.